The minimum absolute atomic E-state index is 0. The number of aryl methyl sites for hydroxylation is 1. The maximum absolute atomic E-state index is 5.90. The fraction of sp³-hybridized carbons (Fsp3) is 0.650. The largest absolute Gasteiger partial charge is 0.496 e. The Morgan fingerprint density at radius 2 is 2.07 bits per heavy atom. The van der Waals surface area contributed by atoms with Crippen molar-refractivity contribution in [2.45, 2.75) is 45.3 Å². The number of ether oxygens (including phenoxy) is 3. The lowest BCUT2D eigenvalue weighted by molar-refractivity contribution is -0.0320. The van der Waals surface area contributed by atoms with E-state index < -0.39 is 0 Å². The van der Waals surface area contributed by atoms with E-state index in [9.17, 15) is 0 Å². The van der Waals surface area contributed by atoms with Crippen LogP contribution in [-0.4, -0.2) is 52.6 Å². The molecule has 1 aromatic rings. The maximum Gasteiger partial charge on any atom is 0.191 e. The third-order valence-corrected chi connectivity index (χ3v) is 4.56. The molecule has 0 aliphatic carbocycles. The van der Waals surface area contributed by atoms with Gasteiger partial charge < -0.3 is 24.8 Å². The predicted molar refractivity (Wildman–Crippen MR) is 120 cm³/mol. The van der Waals surface area contributed by atoms with Crippen LogP contribution >= 0.6 is 24.0 Å². The standard InChI is InChI=1S/C20H33N3O3.HI/c1-15-6-7-19(24-4)18(14-15)16(2)23-20(21-3)22-10-5-11-26-17-8-12-25-13-9-17;/h6-7,14,16-17H,5,8-13H2,1-4H3,(H2,21,22,23);1H. The van der Waals surface area contributed by atoms with Crippen LogP contribution in [0.3, 0.4) is 0 Å². The molecule has 1 aliphatic rings. The predicted octanol–water partition coefficient (Wildman–Crippen LogP) is 3.43. The van der Waals surface area contributed by atoms with E-state index in [1.807, 2.05) is 6.07 Å². The topological polar surface area (TPSA) is 64.1 Å². The summed E-state index contributed by atoms with van der Waals surface area (Å²) in [5.41, 5.74) is 2.33. The molecular weight excluding hydrogens is 457 g/mol. The van der Waals surface area contributed by atoms with E-state index in [0.717, 1.165) is 62.9 Å². The molecular formula is C20H34IN3O3. The van der Waals surface area contributed by atoms with Crippen molar-refractivity contribution in [2.75, 3.05) is 40.5 Å². The molecule has 1 aliphatic heterocycles. The summed E-state index contributed by atoms with van der Waals surface area (Å²) in [6, 6.07) is 6.30. The molecule has 1 atom stereocenters. The summed E-state index contributed by atoms with van der Waals surface area (Å²) in [5.74, 6) is 1.67. The zero-order valence-corrected chi connectivity index (χ0v) is 19.2. The molecule has 0 bridgehead atoms. The van der Waals surface area contributed by atoms with Gasteiger partial charge in [-0.15, -0.1) is 24.0 Å². The number of aliphatic imine (C=N–C) groups is 1. The SMILES string of the molecule is CN=C(NCCCOC1CCOCC1)NC(C)c1cc(C)ccc1OC.I. The number of hydrogen-bond donors (Lipinski definition) is 2. The average Bonchev–Trinajstić information content (AvgIpc) is 2.67. The highest BCUT2D eigenvalue weighted by Crippen LogP contribution is 2.25. The van der Waals surface area contributed by atoms with E-state index in [4.69, 9.17) is 14.2 Å². The smallest absolute Gasteiger partial charge is 0.191 e. The highest BCUT2D eigenvalue weighted by atomic mass is 127. The molecule has 154 valence electrons. The molecule has 0 saturated carbocycles. The molecule has 0 radical (unpaired) electrons. The molecule has 1 unspecified atom stereocenters. The lowest BCUT2D eigenvalue weighted by atomic mass is 10.0. The van der Waals surface area contributed by atoms with Crippen molar-refractivity contribution in [3.05, 3.63) is 29.3 Å². The third kappa shape index (κ3) is 8.23. The van der Waals surface area contributed by atoms with Crippen molar-refractivity contribution in [2.24, 2.45) is 4.99 Å². The van der Waals surface area contributed by atoms with Crippen molar-refractivity contribution in [1.82, 2.24) is 10.6 Å². The summed E-state index contributed by atoms with van der Waals surface area (Å²) in [6.07, 6.45) is 3.31. The quantitative estimate of drug-likeness (QED) is 0.253. The van der Waals surface area contributed by atoms with E-state index in [2.05, 4.69) is 41.6 Å². The van der Waals surface area contributed by atoms with Gasteiger partial charge in [0.05, 0.1) is 19.3 Å². The van der Waals surface area contributed by atoms with Crippen molar-refractivity contribution in [1.29, 1.82) is 0 Å². The molecule has 27 heavy (non-hydrogen) atoms. The fourth-order valence-corrected chi connectivity index (χ4v) is 3.04. The van der Waals surface area contributed by atoms with Crippen LogP contribution < -0.4 is 15.4 Å². The molecule has 0 amide bonds. The van der Waals surface area contributed by atoms with Gasteiger partial charge in [0.2, 0.25) is 0 Å². The summed E-state index contributed by atoms with van der Waals surface area (Å²) < 4.78 is 16.7. The van der Waals surface area contributed by atoms with Crippen molar-refractivity contribution >= 4 is 29.9 Å². The molecule has 1 aromatic carbocycles. The van der Waals surface area contributed by atoms with Gasteiger partial charge in [0.15, 0.2) is 5.96 Å². The monoisotopic (exact) mass is 491 g/mol. The zero-order chi connectivity index (χ0) is 18.8. The first-order chi connectivity index (χ1) is 12.6. The molecule has 0 spiro atoms. The van der Waals surface area contributed by atoms with E-state index in [-0.39, 0.29) is 30.0 Å². The summed E-state index contributed by atoms with van der Waals surface area (Å²) >= 11 is 0. The van der Waals surface area contributed by atoms with Crippen molar-refractivity contribution in [3.8, 4) is 5.75 Å². The minimum Gasteiger partial charge on any atom is -0.496 e. The number of hydrogen-bond acceptors (Lipinski definition) is 4. The van der Waals surface area contributed by atoms with Gasteiger partial charge in [0, 0.05) is 39.0 Å². The minimum atomic E-state index is 0. The Labute approximate surface area is 180 Å². The Kier molecular flexibility index (Phi) is 11.7. The van der Waals surface area contributed by atoms with Crippen molar-refractivity contribution < 1.29 is 14.2 Å². The van der Waals surface area contributed by atoms with E-state index in [0.29, 0.717) is 6.10 Å². The van der Waals surface area contributed by atoms with Crippen LogP contribution in [0.25, 0.3) is 0 Å². The van der Waals surface area contributed by atoms with Gasteiger partial charge in [-0.05, 0) is 39.2 Å². The molecule has 7 heteroatoms. The first-order valence-corrected chi connectivity index (χ1v) is 9.45. The number of guanidine groups is 1. The number of benzene rings is 1. The van der Waals surface area contributed by atoms with Gasteiger partial charge in [-0.2, -0.15) is 0 Å². The number of rotatable bonds is 8. The molecule has 0 aromatic heterocycles. The van der Waals surface area contributed by atoms with Crippen LogP contribution in [0.5, 0.6) is 5.75 Å². The van der Waals surface area contributed by atoms with Gasteiger partial charge in [0.25, 0.3) is 0 Å². The summed E-state index contributed by atoms with van der Waals surface area (Å²) in [7, 11) is 3.49. The first-order valence-electron chi connectivity index (χ1n) is 9.45. The van der Waals surface area contributed by atoms with E-state index in [1.54, 1.807) is 14.2 Å². The third-order valence-electron chi connectivity index (χ3n) is 4.56. The lowest BCUT2D eigenvalue weighted by Gasteiger charge is -2.23. The van der Waals surface area contributed by atoms with Crippen molar-refractivity contribution in [3.63, 3.8) is 0 Å². The second-order valence-electron chi connectivity index (χ2n) is 6.65. The Hall–Kier alpha value is -1.06. The highest BCUT2D eigenvalue weighted by Gasteiger charge is 2.14. The highest BCUT2D eigenvalue weighted by molar-refractivity contribution is 14.0. The number of halogens is 1. The van der Waals surface area contributed by atoms with Crippen LogP contribution in [0.15, 0.2) is 23.2 Å². The van der Waals surface area contributed by atoms with Crippen LogP contribution in [0.4, 0.5) is 0 Å². The fourth-order valence-electron chi connectivity index (χ4n) is 3.04. The van der Waals surface area contributed by atoms with Gasteiger partial charge in [-0.3, -0.25) is 4.99 Å². The van der Waals surface area contributed by atoms with Gasteiger partial charge >= 0.3 is 0 Å². The van der Waals surface area contributed by atoms with Crippen LogP contribution in [0.2, 0.25) is 0 Å². The molecule has 2 N–H and O–H groups in total. The number of nitrogens with zero attached hydrogens (tertiary/aromatic N) is 1. The molecule has 1 heterocycles. The van der Waals surface area contributed by atoms with Crippen LogP contribution in [0, 0.1) is 6.92 Å². The Balaban J connectivity index is 0.00000364. The normalized spacial score (nSPS) is 16.4. The maximum atomic E-state index is 5.90. The van der Waals surface area contributed by atoms with Gasteiger partial charge in [-0.25, -0.2) is 0 Å². The zero-order valence-electron chi connectivity index (χ0n) is 16.9. The average molecular weight is 491 g/mol. The van der Waals surface area contributed by atoms with E-state index in [1.165, 1.54) is 5.56 Å². The summed E-state index contributed by atoms with van der Waals surface area (Å²) in [5, 5.41) is 6.78. The Morgan fingerprint density at radius 1 is 1.33 bits per heavy atom. The van der Waals surface area contributed by atoms with Gasteiger partial charge in [-0.1, -0.05) is 17.7 Å². The second-order valence-corrected chi connectivity index (χ2v) is 6.65. The van der Waals surface area contributed by atoms with Crippen LogP contribution in [0.1, 0.15) is 43.4 Å². The van der Waals surface area contributed by atoms with E-state index >= 15 is 0 Å². The Morgan fingerprint density at radius 3 is 2.74 bits per heavy atom. The molecule has 2 rings (SSSR count). The molecule has 1 saturated heterocycles. The molecule has 6 nitrogen and oxygen atoms in total. The molecule has 1 fully saturated rings. The number of methoxy groups -OCH3 is 1. The number of nitrogens with one attached hydrogen (secondary N) is 2. The summed E-state index contributed by atoms with van der Waals surface area (Å²) in [4.78, 5) is 4.32. The lowest BCUT2D eigenvalue weighted by Crippen LogP contribution is -2.39. The Bertz CT molecular complexity index is 578. The van der Waals surface area contributed by atoms with Gasteiger partial charge in [0.1, 0.15) is 5.75 Å². The van der Waals surface area contributed by atoms with Crippen LogP contribution in [-0.2, 0) is 9.47 Å². The second kappa shape index (κ2) is 13.2. The summed E-state index contributed by atoms with van der Waals surface area (Å²) in [6.45, 7) is 7.41. The first kappa shape index (κ1) is 24.0.